The predicted molar refractivity (Wildman–Crippen MR) is 86.5 cm³/mol. The highest BCUT2D eigenvalue weighted by atomic mass is 32.2. The first kappa shape index (κ1) is 16.3. The molecule has 5 nitrogen and oxygen atoms in total. The molecule has 1 aromatic rings. The highest BCUT2D eigenvalue weighted by Gasteiger charge is 2.32. The largest absolute Gasteiger partial charge is 0.388 e. The average molecular weight is 327 g/mol. The van der Waals surface area contributed by atoms with Crippen LogP contribution in [0.25, 0.3) is 0 Å². The third-order valence-corrected chi connectivity index (χ3v) is 6.04. The zero-order valence-corrected chi connectivity index (χ0v) is 14.0. The van der Waals surface area contributed by atoms with Gasteiger partial charge in [0.1, 0.15) is 15.6 Å². The van der Waals surface area contributed by atoms with E-state index in [1.54, 1.807) is 6.07 Å². The Bertz CT molecular complexity index is 641. The molecule has 0 aliphatic carbocycles. The Labute approximate surface area is 131 Å². The number of nitrogens with zero attached hydrogens (tertiary/aromatic N) is 2. The number of nitrogens with two attached hydrogens (primary N) is 1. The zero-order chi connectivity index (χ0) is 15.7. The summed E-state index contributed by atoms with van der Waals surface area (Å²) in [6, 6.07) is 3.11. The van der Waals surface area contributed by atoms with Crippen LogP contribution in [0.2, 0.25) is 0 Å². The molecule has 1 aromatic heterocycles. The lowest BCUT2D eigenvalue weighted by Gasteiger charge is -2.23. The standard InChI is InChI=1S/C14H21N3O2S2/c1-14(2)6-4-9-17(10-7-14)21(18,19)11-5-3-8-16-12(11)13(15)20/h3,5,8H,4,6-7,9-10H2,1-2H3,(H2,15,20). The lowest BCUT2D eigenvalue weighted by Crippen LogP contribution is -2.34. The van der Waals surface area contributed by atoms with Gasteiger partial charge in [-0.05, 0) is 36.8 Å². The van der Waals surface area contributed by atoms with Crippen LogP contribution in [0.15, 0.2) is 23.2 Å². The van der Waals surface area contributed by atoms with E-state index < -0.39 is 10.0 Å². The van der Waals surface area contributed by atoms with Gasteiger partial charge in [0.25, 0.3) is 0 Å². The van der Waals surface area contributed by atoms with Gasteiger partial charge in [-0.25, -0.2) is 8.42 Å². The molecule has 7 heteroatoms. The van der Waals surface area contributed by atoms with Gasteiger partial charge in [0.15, 0.2) is 0 Å². The molecule has 0 spiro atoms. The van der Waals surface area contributed by atoms with E-state index in [-0.39, 0.29) is 21.0 Å². The molecule has 116 valence electrons. The van der Waals surface area contributed by atoms with E-state index in [1.165, 1.54) is 16.6 Å². The molecular formula is C14H21N3O2S2. The molecule has 21 heavy (non-hydrogen) atoms. The van der Waals surface area contributed by atoms with Crippen LogP contribution in [0, 0.1) is 5.41 Å². The van der Waals surface area contributed by atoms with E-state index in [2.05, 4.69) is 18.8 Å². The number of thiocarbonyl (C=S) groups is 1. The van der Waals surface area contributed by atoms with Crippen molar-refractivity contribution in [3.63, 3.8) is 0 Å². The SMILES string of the molecule is CC1(C)CCCN(S(=O)(=O)c2cccnc2C(N)=S)CC1. The van der Waals surface area contributed by atoms with Crippen LogP contribution < -0.4 is 5.73 Å². The fraction of sp³-hybridized carbons (Fsp3) is 0.571. The van der Waals surface area contributed by atoms with Crippen LogP contribution in [0.4, 0.5) is 0 Å². The molecule has 0 radical (unpaired) electrons. The second-order valence-corrected chi connectivity index (χ2v) is 8.48. The number of sulfonamides is 1. The summed E-state index contributed by atoms with van der Waals surface area (Å²) in [6.45, 7) is 5.39. The molecule has 1 aliphatic rings. The van der Waals surface area contributed by atoms with Gasteiger partial charge in [-0.2, -0.15) is 4.31 Å². The van der Waals surface area contributed by atoms with E-state index in [0.717, 1.165) is 19.3 Å². The first-order valence-corrected chi connectivity index (χ1v) is 8.84. The molecular weight excluding hydrogens is 306 g/mol. The van der Waals surface area contributed by atoms with Gasteiger partial charge < -0.3 is 5.73 Å². The van der Waals surface area contributed by atoms with Gasteiger partial charge in [-0.3, -0.25) is 4.98 Å². The van der Waals surface area contributed by atoms with E-state index in [9.17, 15) is 8.42 Å². The Morgan fingerprint density at radius 3 is 2.76 bits per heavy atom. The van der Waals surface area contributed by atoms with Crippen LogP contribution in [-0.2, 0) is 10.0 Å². The summed E-state index contributed by atoms with van der Waals surface area (Å²) in [6.07, 6.45) is 4.22. The Kier molecular flexibility index (Phi) is 4.65. The van der Waals surface area contributed by atoms with E-state index in [4.69, 9.17) is 18.0 Å². The van der Waals surface area contributed by atoms with Crippen molar-refractivity contribution in [2.75, 3.05) is 13.1 Å². The minimum absolute atomic E-state index is 0.00401. The predicted octanol–water partition coefficient (Wildman–Crippen LogP) is 1.92. The Hall–Kier alpha value is -1.05. The highest BCUT2D eigenvalue weighted by Crippen LogP contribution is 2.32. The fourth-order valence-corrected chi connectivity index (χ4v) is 4.43. The van der Waals surface area contributed by atoms with Crippen molar-refractivity contribution in [2.24, 2.45) is 11.1 Å². The Morgan fingerprint density at radius 2 is 2.10 bits per heavy atom. The number of hydrogen-bond donors (Lipinski definition) is 1. The van der Waals surface area contributed by atoms with Crippen molar-refractivity contribution in [1.29, 1.82) is 0 Å². The first-order valence-electron chi connectivity index (χ1n) is 6.99. The molecule has 0 aromatic carbocycles. The number of hydrogen-bond acceptors (Lipinski definition) is 4. The average Bonchev–Trinajstić information content (AvgIpc) is 2.60. The zero-order valence-electron chi connectivity index (χ0n) is 12.4. The van der Waals surface area contributed by atoms with Gasteiger partial charge in [0.05, 0.1) is 0 Å². The van der Waals surface area contributed by atoms with Crippen molar-refractivity contribution in [3.05, 3.63) is 24.0 Å². The summed E-state index contributed by atoms with van der Waals surface area (Å²) in [7, 11) is -3.61. The smallest absolute Gasteiger partial charge is 0.245 e. The van der Waals surface area contributed by atoms with Crippen LogP contribution in [-0.4, -0.2) is 35.8 Å². The molecule has 0 unspecified atom stereocenters. The van der Waals surface area contributed by atoms with Crippen molar-refractivity contribution in [3.8, 4) is 0 Å². The Morgan fingerprint density at radius 1 is 1.38 bits per heavy atom. The molecule has 1 fully saturated rings. The molecule has 1 saturated heterocycles. The van der Waals surface area contributed by atoms with Gasteiger partial charge in [0, 0.05) is 19.3 Å². The summed E-state index contributed by atoms with van der Waals surface area (Å²) < 4.78 is 27.2. The molecule has 1 aliphatic heterocycles. The van der Waals surface area contributed by atoms with Gasteiger partial charge in [-0.1, -0.05) is 26.1 Å². The normalized spacial score (nSPS) is 19.9. The lowest BCUT2D eigenvalue weighted by atomic mass is 9.85. The van der Waals surface area contributed by atoms with Crippen LogP contribution >= 0.6 is 12.2 Å². The molecule has 0 atom stereocenters. The molecule has 2 N–H and O–H groups in total. The van der Waals surface area contributed by atoms with E-state index >= 15 is 0 Å². The van der Waals surface area contributed by atoms with E-state index in [0.29, 0.717) is 13.1 Å². The first-order chi connectivity index (χ1) is 9.74. The highest BCUT2D eigenvalue weighted by molar-refractivity contribution is 7.89. The maximum absolute atomic E-state index is 12.8. The summed E-state index contributed by atoms with van der Waals surface area (Å²) in [5.74, 6) is 0. The molecule has 2 rings (SSSR count). The Balaban J connectivity index is 2.37. The lowest BCUT2D eigenvalue weighted by molar-refractivity contribution is 0.315. The van der Waals surface area contributed by atoms with Gasteiger partial charge >= 0.3 is 0 Å². The molecule has 0 saturated carbocycles. The van der Waals surface area contributed by atoms with Crippen LogP contribution in [0.3, 0.4) is 0 Å². The fourth-order valence-electron chi connectivity index (χ4n) is 2.56. The number of aromatic nitrogens is 1. The third kappa shape index (κ3) is 3.59. The van der Waals surface area contributed by atoms with Crippen molar-refractivity contribution in [1.82, 2.24) is 9.29 Å². The quantitative estimate of drug-likeness (QED) is 0.858. The second kappa shape index (κ2) is 5.98. The number of pyridine rings is 1. The van der Waals surface area contributed by atoms with Crippen molar-refractivity contribution < 1.29 is 8.42 Å². The summed E-state index contributed by atoms with van der Waals surface area (Å²) in [5, 5.41) is 0. The van der Waals surface area contributed by atoms with Gasteiger partial charge in [-0.15, -0.1) is 0 Å². The minimum Gasteiger partial charge on any atom is -0.388 e. The molecule has 0 bridgehead atoms. The maximum atomic E-state index is 12.8. The monoisotopic (exact) mass is 327 g/mol. The minimum atomic E-state index is -3.61. The molecule has 0 amide bonds. The topological polar surface area (TPSA) is 76.3 Å². The van der Waals surface area contributed by atoms with Crippen LogP contribution in [0.5, 0.6) is 0 Å². The second-order valence-electron chi connectivity index (χ2n) is 6.14. The van der Waals surface area contributed by atoms with Crippen molar-refractivity contribution >= 4 is 27.2 Å². The third-order valence-electron chi connectivity index (χ3n) is 3.92. The maximum Gasteiger partial charge on any atom is 0.245 e. The van der Waals surface area contributed by atoms with Gasteiger partial charge in [0.2, 0.25) is 10.0 Å². The molecule has 2 heterocycles. The summed E-state index contributed by atoms with van der Waals surface area (Å²) in [5.41, 5.74) is 5.95. The van der Waals surface area contributed by atoms with Crippen molar-refractivity contribution in [2.45, 2.75) is 38.0 Å². The number of rotatable bonds is 3. The van der Waals surface area contributed by atoms with E-state index in [1.807, 2.05) is 0 Å². The summed E-state index contributed by atoms with van der Waals surface area (Å²) in [4.78, 5) is 4.13. The van der Waals surface area contributed by atoms with Crippen LogP contribution in [0.1, 0.15) is 38.8 Å². The summed E-state index contributed by atoms with van der Waals surface area (Å²) >= 11 is 4.92.